The molecule has 3 atom stereocenters. The number of nitrogens with two attached hydrogens (primary N) is 1. The number of aliphatic imine (C=N–C) groups is 1. The topological polar surface area (TPSA) is 89.6 Å². The van der Waals surface area contributed by atoms with Gasteiger partial charge in [-0.2, -0.15) is 0 Å². The van der Waals surface area contributed by atoms with Crippen LogP contribution >= 0.6 is 0 Å². The molecule has 29 heavy (non-hydrogen) atoms. The van der Waals surface area contributed by atoms with Gasteiger partial charge in [0.05, 0.1) is 13.3 Å². The van der Waals surface area contributed by atoms with Gasteiger partial charge in [0.2, 0.25) is 0 Å². The zero-order chi connectivity index (χ0) is 21.4. The Hall–Kier alpha value is -3.10. The van der Waals surface area contributed by atoms with E-state index in [2.05, 4.69) is 15.3 Å². The predicted octanol–water partition coefficient (Wildman–Crippen LogP) is 3.52. The van der Waals surface area contributed by atoms with Crippen molar-refractivity contribution in [1.29, 1.82) is 0 Å². The van der Waals surface area contributed by atoms with Crippen molar-refractivity contribution < 1.29 is 22.7 Å². The third-order valence-electron chi connectivity index (χ3n) is 5.03. The van der Waals surface area contributed by atoms with Gasteiger partial charge >= 0.3 is 0 Å². The summed E-state index contributed by atoms with van der Waals surface area (Å²) in [6.07, 6.45) is -0.980. The number of benzene rings is 1. The molecular weight excluding hydrogens is 385 g/mol. The molecule has 3 rings (SSSR count). The van der Waals surface area contributed by atoms with Crippen molar-refractivity contribution in [3.05, 3.63) is 53.6 Å². The first-order valence-corrected chi connectivity index (χ1v) is 8.87. The second kappa shape index (κ2) is 7.38. The van der Waals surface area contributed by atoms with Crippen molar-refractivity contribution in [3.63, 3.8) is 0 Å². The van der Waals surface area contributed by atoms with Crippen LogP contribution in [0.4, 0.5) is 18.9 Å². The van der Waals surface area contributed by atoms with Crippen LogP contribution in [0.25, 0.3) is 0 Å². The highest BCUT2D eigenvalue weighted by atomic mass is 19.2. The third-order valence-corrected chi connectivity index (χ3v) is 5.03. The number of alkyl halides is 2. The second-order valence-electron chi connectivity index (χ2n) is 7.25. The summed E-state index contributed by atoms with van der Waals surface area (Å²) in [6.45, 7) is 2.47. The molecule has 1 unspecified atom stereocenters. The van der Waals surface area contributed by atoms with Crippen LogP contribution in [0, 0.1) is 5.82 Å². The maximum Gasteiger partial charge on any atom is 0.274 e. The zero-order valence-electron chi connectivity index (χ0n) is 16.2. The highest BCUT2D eigenvalue weighted by Gasteiger charge is 2.49. The Kier molecular flexibility index (Phi) is 5.25. The van der Waals surface area contributed by atoms with Gasteiger partial charge in [-0.05, 0) is 44.2 Å². The Labute approximate surface area is 166 Å². The lowest BCUT2D eigenvalue weighted by Gasteiger charge is -2.38. The van der Waals surface area contributed by atoms with Crippen LogP contribution in [0.1, 0.15) is 36.3 Å². The van der Waals surface area contributed by atoms with Gasteiger partial charge in [0.15, 0.2) is 5.67 Å². The van der Waals surface area contributed by atoms with Crippen molar-refractivity contribution in [1.82, 2.24) is 4.98 Å². The van der Waals surface area contributed by atoms with Crippen molar-refractivity contribution in [2.45, 2.75) is 37.6 Å². The van der Waals surface area contributed by atoms with E-state index in [-0.39, 0.29) is 16.9 Å². The summed E-state index contributed by atoms with van der Waals surface area (Å²) < 4.78 is 48.6. The van der Waals surface area contributed by atoms with Gasteiger partial charge in [-0.1, -0.05) is 0 Å². The molecular formula is C20H21F3N4O2. The molecule has 0 bridgehead atoms. The quantitative estimate of drug-likeness (QED) is 0.813. The van der Waals surface area contributed by atoms with Gasteiger partial charge in [0.1, 0.15) is 34.8 Å². The Morgan fingerprint density at radius 1 is 1.31 bits per heavy atom. The van der Waals surface area contributed by atoms with E-state index in [0.29, 0.717) is 5.75 Å². The number of hydrogen-bond acceptors (Lipinski definition) is 5. The molecule has 2 aromatic rings. The van der Waals surface area contributed by atoms with Crippen LogP contribution in [0.15, 0.2) is 41.5 Å². The van der Waals surface area contributed by atoms with E-state index in [1.165, 1.54) is 38.4 Å². The minimum Gasteiger partial charge on any atom is -0.495 e. The molecule has 1 amide bonds. The first-order valence-electron chi connectivity index (χ1n) is 8.87. The summed E-state index contributed by atoms with van der Waals surface area (Å²) in [5.74, 6) is -1.20. The van der Waals surface area contributed by atoms with Crippen LogP contribution < -0.4 is 15.8 Å². The van der Waals surface area contributed by atoms with Crippen LogP contribution in [0.2, 0.25) is 0 Å². The van der Waals surface area contributed by atoms with E-state index >= 15 is 0 Å². The first kappa shape index (κ1) is 20.6. The molecule has 0 spiro atoms. The number of ether oxygens (including phenoxy) is 1. The van der Waals surface area contributed by atoms with Gasteiger partial charge in [0.25, 0.3) is 5.91 Å². The fourth-order valence-electron chi connectivity index (χ4n) is 3.13. The van der Waals surface area contributed by atoms with Crippen molar-refractivity contribution in [3.8, 4) is 5.75 Å². The van der Waals surface area contributed by atoms with Gasteiger partial charge < -0.3 is 15.8 Å². The maximum atomic E-state index is 14.8. The van der Waals surface area contributed by atoms with Crippen molar-refractivity contribution in [2.24, 2.45) is 10.7 Å². The highest BCUT2D eigenvalue weighted by molar-refractivity contribution is 6.03. The largest absolute Gasteiger partial charge is 0.495 e. The number of methoxy groups -OCH3 is 1. The number of halogens is 3. The summed E-state index contributed by atoms with van der Waals surface area (Å²) in [5, 5.41) is 2.58. The predicted molar refractivity (Wildman–Crippen MR) is 103 cm³/mol. The van der Waals surface area contributed by atoms with Gasteiger partial charge in [-0.3, -0.25) is 9.79 Å². The van der Waals surface area contributed by atoms with Crippen molar-refractivity contribution >= 4 is 17.4 Å². The lowest BCUT2D eigenvalue weighted by atomic mass is 9.79. The van der Waals surface area contributed by atoms with E-state index in [4.69, 9.17) is 10.5 Å². The van der Waals surface area contributed by atoms with E-state index in [9.17, 15) is 18.0 Å². The summed E-state index contributed by atoms with van der Waals surface area (Å²) in [7, 11) is 1.47. The normalized spacial score (nSPS) is 26.6. The number of nitrogens with zero attached hydrogens (tertiary/aromatic N) is 2. The first-order chi connectivity index (χ1) is 13.6. The van der Waals surface area contributed by atoms with Crippen LogP contribution in [-0.2, 0) is 5.54 Å². The molecule has 0 fully saturated rings. The zero-order valence-corrected chi connectivity index (χ0v) is 16.2. The molecule has 6 nitrogen and oxygen atoms in total. The van der Waals surface area contributed by atoms with Crippen LogP contribution in [0.5, 0.6) is 5.75 Å². The number of carbonyl (C=O) groups excluding carboxylic acids is 1. The number of pyridine rings is 1. The molecule has 9 heteroatoms. The molecule has 1 aliphatic rings. The highest BCUT2D eigenvalue weighted by Crippen LogP contribution is 2.42. The Balaban J connectivity index is 1.92. The van der Waals surface area contributed by atoms with Crippen molar-refractivity contribution in [2.75, 3.05) is 12.4 Å². The van der Waals surface area contributed by atoms with Crippen LogP contribution in [-0.4, -0.2) is 35.7 Å². The van der Waals surface area contributed by atoms with Gasteiger partial charge in [-0.15, -0.1) is 0 Å². The number of hydrogen-bond donors (Lipinski definition) is 2. The molecule has 1 aromatic carbocycles. The Morgan fingerprint density at radius 3 is 2.66 bits per heavy atom. The fraction of sp³-hybridized carbons (Fsp3) is 0.350. The third kappa shape index (κ3) is 3.90. The van der Waals surface area contributed by atoms with Gasteiger partial charge in [-0.25, -0.2) is 18.2 Å². The summed E-state index contributed by atoms with van der Waals surface area (Å²) in [4.78, 5) is 20.3. The number of rotatable bonds is 4. The molecule has 3 N–H and O–H groups in total. The van der Waals surface area contributed by atoms with E-state index < -0.39 is 41.4 Å². The van der Waals surface area contributed by atoms with E-state index in [0.717, 1.165) is 13.0 Å². The number of anilines is 1. The van der Waals surface area contributed by atoms with Crippen LogP contribution in [0.3, 0.4) is 0 Å². The molecule has 154 valence electrons. The standard InChI is InChI=1S/C20H21F3N4O2/c1-19(23)9-16(22)20(2,27-18(19)24)13-8-11(4-6-14(13)21)26-17(28)15-7-5-12(29-3)10-25-15/h4-8,10,16H,9H2,1-3H3,(H2,24,27)(H,26,28)/t16?,19-,20+/m0/s1. The average Bonchev–Trinajstić information content (AvgIpc) is 2.67. The lowest BCUT2D eigenvalue weighted by Crippen LogP contribution is -2.51. The molecule has 0 radical (unpaired) electrons. The summed E-state index contributed by atoms with van der Waals surface area (Å²) in [5.41, 5.74) is 2.00. The molecule has 1 aromatic heterocycles. The van der Waals surface area contributed by atoms with E-state index in [1.807, 2.05) is 0 Å². The summed E-state index contributed by atoms with van der Waals surface area (Å²) >= 11 is 0. The monoisotopic (exact) mass is 406 g/mol. The smallest absolute Gasteiger partial charge is 0.274 e. The van der Waals surface area contributed by atoms with Gasteiger partial charge in [0, 0.05) is 17.7 Å². The van der Waals surface area contributed by atoms with E-state index in [1.54, 1.807) is 6.07 Å². The molecule has 2 heterocycles. The molecule has 1 aliphatic heterocycles. The minimum absolute atomic E-state index is 0.111. The molecule has 0 aliphatic carbocycles. The Morgan fingerprint density at radius 2 is 2.03 bits per heavy atom. The number of carbonyl (C=O) groups is 1. The molecule has 0 saturated carbocycles. The number of aromatic nitrogens is 1. The average molecular weight is 406 g/mol. The number of nitrogens with one attached hydrogen (secondary N) is 1. The SMILES string of the molecule is COc1ccc(C(=O)Nc2ccc(F)c([C@@]3(C)N=C(N)[C@@](C)(F)CC3F)c2)nc1. The number of amidine groups is 1. The fourth-order valence-corrected chi connectivity index (χ4v) is 3.13. The summed E-state index contributed by atoms with van der Waals surface area (Å²) in [6, 6.07) is 6.71. The maximum absolute atomic E-state index is 14.8. The lowest BCUT2D eigenvalue weighted by molar-refractivity contribution is 0.102. The number of amides is 1. The second-order valence-corrected chi connectivity index (χ2v) is 7.25. The molecule has 0 saturated heterocycles. The Bertz CT molecular complexity index is 963. The minimum atomic E-state index is -2.11.